The highest BCUT2D eigenvalue weighted by molar-refractivity contribution is 5.97. The van der Waals surface area contributed by atoms with E-state index in [4.69, 9.17) is 0 Å². The zero-order chi connectivity index (χ0) is 18.6. The first-order valence-electron chi connectivity index (χ1n) is 9.64. The lowest BCUT2D eigenvalue weighted by atomic mass is 9.52. The molecule has 3 aliphatic rings. The number of hydrogen-bond acceptors (Lipinski definition) is 1. The lowest BCUT2D eigenvalue weighted by Gasteiger charge is -2.50. The van der Waals surface area contributed by atoms with Gasteiger partial charge in [0.15, 0.2) is 0 Å². The van der Waals surface area contributed by atoms with Gasteiger partial charge in [-0.3, -0.25) is 4.79 Å². The van der Waals surface area contributed by atoms with E-state index in [0.717, 1.165) is 17.7 Å². The Bertz CT molecular complexity index is 1010. The average molecular weight is 353 g/mol. The van der Waals surface area contributed by atoms with E-state index < -0.39 is 5.41 Å². The first-order chi connectivity index (χ1) is 13.1. The molecule has 0 heterocycles. The third kappa shape index (κ3) is 2.29. The molecule has 1 amide bonds. The van der Waals surface area contributed by atoms with Crippen LogP contribution in [0.5, 0.6) is 0 Å². The van der Waals surface area contributed by atoms with Crippen molar-refractivity contribution in [2.75, 3.05) is 5.32 Å². The Labute approximate surface area is 160 Å². The zero-order valence-electron chi connectivity index (χ0n) is 15.7. The smallest absolute Gasteiger partial charge is 0.231 e. The van der Waals surface area contributed by atoms with Crippen LogP contribution >= 0.6 is 0 Å². The zero-order valence-corrected chi connectivity index (χ0v) is 15.7. The summed E-state index contributed by atoms with van der Waals surface area (Å²) in [5, 5.41) is 3.23. The highest BCUT2D eigenvalue weighted by Gasteiger charge is 2.53. The Balaban J connectivity index is 1.62. The van der Waals surface area contributed by atoms with E-state index >= 15 is 0 Å². The number of carbonyl (C=O) groups excluding carboxylic acids is 1. The molecule has 0 aliphatic heterocycles. The summed E-state index contributed by atoms with van der Waals surface area (Å²) in [6, 6.07) is 25.3. The maximum atomic E-state index is 13.5. The van der Waals surface area contributed by atoms with E-state index in [1.165, 1.54) is 22.3 Å². The minimum atomic E-state index is -0.463. The second-order valence-corrected chi connectivity index (χ2v) is 8.13. The molecule has 134 valence electrons. The quantitative estimate of drug-likeness (QED) is 0.636. The average Bonchev–Trinajstić information content (AvgIpc) is 2.70. The van der Waals surface area contributed by atoms with E-state index in [0.29, 0.717) is 0 Å². The molecule has 3 aromatic carbocycles. The van der Waals surface area contributed by atoms with E-state index in [9.17, 15) is 4.79 Å². The summed E-state index contributed by atoms with van der Waals surface area (Å²) in [6.45, 7) is 4.18. The number of fused-ring (bicyclic) bond motifs is 1. The Morgan fingerprint density at radius 1 is 0.852 bits per heavy atom. The molecule has 27 heavy (non-hydrogen) atoms. The monoisotopic (exact) mass is 353 g/mol. The van der Waals surface area contributed by atoms with Crippen LogP contribution in [0.1, 0.15) is 53.0 Å². The number of rotatable bonds is 2. The van der Waals surface area contributed by atoms with Gasteiger partial charge >= 0.3 is 0 Å². The van der Waals surface area contributed by atoms with Crippen molar-refractivity contribution in [1.29, 1.82) is 0 Å². The van der Waals surface area contributed by atoms with Crippen LogP contribution < -0.4 is 5.32 Å². The summed E-state index contributed by atoms with van der Waals surface area (Å²) in [6.07, 6.45) is 0.851. The molecule has 0 aromatic heterocycles. The van der Waals surface area contributed by atoms with E-state index in [1.807, 2.05) is 31.2 Å². The molecule has 0 saturated carbocycles. The van der Waals surface area contributed by atoms with Crippen molar-refractivity contribution in [2.45, 2.75) is 32.1 Å². The molecule has 1 atom stereocenters. The van der Waals surface area contributed by atoms with Crippen LogP contribution in [0.4, 0.5) is 5.69 Å². The number of para-hydroxylation sites is 1. The van der Waals surface area contributed by atoms with Crippen LogP contribution in [0, 0.1) is 12.3 Å². The van der Waals surface area contributed by atoms with Gasteiger partial charge in [-0.15, -0.1) is 0 Å². The van der Waals surface area contributed by atoms with Crippen LogP contribution in [0.15, 0.2) is 72.8 Å². The number of amides is 1. The van der Waals surface area contributed by atoms with Gasteiger partial charge in [0.1, 0.15) is 0 Å². The van der Waals surface area contributed by atoms with Gasteiger partial charge < -0.3 is 5.32 Å². The molecule has 0 saturated heterocycles. The number of anilines is 1. The fraction of sp³-hybridized carbons (Fsp3) is 0.240. The van der Waals surface area contributed by atoms with E-state index in [-0.39, 0.29) is 17.7 Å². The van der Waals surface area contributed by atoms with Crippen molar-refractivity contribution >= 4 is 11.6 Å². The van der Waals surface area contributed by atoms with Crippen molar-refractivity contribution < 1.29 is 4.79 Å². The Hall–Kier alpha value is -2.87. The molecule has 0 fully saturated rings. The standard InChI is InChI=1S/C25H23NO/c1-16-9-3-8-14-22(16)26-24(27)25(2)15-21-17-10-4-6-12-19(17)23(25)20-13-7-5-11-18(20)21/h3-14,21,23H,15H2,1-2H3,(H,26,27)/t21?,23?,25-/m1/s1. The van der Waals surface area contributed by atoms with E-state index in [1.54, 1.807) is 0 Å². The van der Waals surface area contributed by atoms with Gasteiger partial charge in [-0.1, -0.05) is 66.7 Å². The first-order valence-corrected chi connectivity index (χ1v) is 9.64. The van der Waals surface area contributed by atoms with Gasteiger partial charge in [-0.25, -0.2) is 0 Å². The largest absolute Gasteiger partial charge is 0.325 e. The fourth-order valence-electron chi connectivity index (χ4n) is 5.17. The molecule has 2 heteroatoms. The van der Waals surface area contributed by atoms with Crippen LogP contribution in [-0.4, -0.2) is 5.91 Å². The Kier molecular flexibility index (Phi) is 3.51. The van der Waals surface area contributed by atoms with Crippen molar-refractivity contribution in [2.24, 2.45) is 5.41 Å². The summed E-state index contributed by atoms with van der Waals surface area (Å²) in [7, 11) is 0. The number of benzene rings is 3. The summed E-state index contributed by atoms with van der Waals surface area (Å²) in [4.78, 5) is 13.5. The van der Waals surface area contributed by atoms with E-state index in [2.05, 4.69) is 60.8 Å². The normalized spacial score (nSPS) is 24.8. The summed E-state index contributed by atoms with van der Waals surface area (Å²) in [5.74, 6) is 0.504. The number of carbonyl (C=O) groups is 1. The highest BCUT2D eigenvalue weighted by Crippen LogP contribution is 2.61. The van der Waals surface area contributed by atoms with Crippen molar-refractivity contribution in [1.82, 2.24) is 0 Å². The molecule has 2 bridgehead atoms. The van der Waals surface area contributed by atoms with Gasteiger partial charge in [0, 0.05) is 17.5 Å². The highest BCUT2D eigenvalue weighted by atomic mass is 16.2. The molecular weight excluding hydrogens is 330 g/mol. The molecule has 0 radical (unpaired) electrons. The molecule has 3 aliphatic carbocycles. The van der Waals surface area contributed by atoms with Gasteiger partial charge in [-0.05, 0) is 54.2 Å². The molecule has 0 spiro atoms. The minimum Gasteiger partial charge on any atom is -0.325 e. The van der Waals surface area contributed by atoms with Crippen LogP contribution in [0.2, 0.25) is 0 Å². The van der Waals surface area contributed by atoms with Crippen molar-refractivity contribution in [3.63, 3.8) is 0 Å². The lowest BCUT2D eigenvalue weighted by molar-refractivity contribution is -0.126. The molecule has 2 nitrogen and oxygen atoms in total. The lowest BCUT2D eigenvalue weighted by Crippen LogP contribution is -2.47. The number of hydrogen-bond donors (Lipinski definition) is 1. The molecule has 3 aromatic rings. The maximum Gasteiger partial charge on any atom is 0.231 e. The Morgan fingerprint density at radius 2 is 1.37 bits per heavy atom. The van der Waals surface area contributed by atoms with Crippen LogP contribution in [-0.2, 0) is 4.79 Å². The third-order valence-electron chi connectivity index (χ3n) is 6.54. The fourth-order valence-corrected chi connectivity index (χ4v) is 5.17. The molecule has 1 N–H and O–H groups in total. The van der Waals surface area contributed by atoms with Crippen molar-refractivity contribution in [3.05, 3.63) is 101 Å². The second-order valence-electron chi connectivity index (χ2n) is 8.13. The summed E-state index contributed by atoms with van der Waals surface area (Å²) in [5.41, 5.74) is 6.95. The second kappa shape index (κ2) is 5.82. The number of aryl methyl sites for hydroxylation is 1. The molecule has 0 unspecified atom stereocenters. The maximum absolute atomic E-state index is 13.5. The Morgan fingerprint density at radius 3 is 1.96 bits per heavy atom. The number of nitrogens with one attached hydrogen (secondary N) is 1. The topological polar surface area (TPSA) is 29.1 Å². The summed E-state index contributed by atoms with van der Waals surface area (Å²) < 4.78 is 0. The SMILES string of the molecule is Cc1ccccc1NC(=O)[C@]1(C)CC2c3ccccc3C1c1ccccc12. The third-order valence-corrected chi connectivity index (χ3v) is 6.54. The first kappa shape index (κ1) is 16.3. The van der Waals surface area contributed by atoms with Crippen LogP contribution in [0.3, 0.4) is 0 Å². The predicted molar refractivity (Wildman–Crippen MR) is 109 cm³/mol. The van der Waals surface area contributed by atoms with Gasteiger partial charge in [0.2, 0.25) is 5.91 Å². The van der Waals surface area contributed by atoms with Crippen LogP contribution in [0.25, 0.3) is 0 Å². The molecular formula is C25H23NO. The summed E-state index contributed by atoms with van der Waals surface area (Å²) >= 11 is 0. The predicted octanol–water partition coefficient (Wildman–Crippen LogP) is 5.62. The van der Waals surface area contributed by atoms with Gasteiger partial charge in [0.05, 0.1) is 5.41 Å². The van der Waals surface area contributed by atoms with Gasteiger partial charge in [-0.2, -0.15) is 0 Å². The van der Waals surface area contributed by atoms with Crippen molar-refractivity contribution in [3.8, 4) is 0 Å². The molecule has 6 rings (SSSR count). The van der Waals surface area contributed by atoms with Gasteiger partial charge in [0.25, 0.3) is 0 Å². The minimum absolute atomic E-state index is 0.0962.